The van der Waals surface area contributed by atoms with Gasteiger partial charge in [-0.2, -0.15) is 8.78 Å². The van der Waals surface area contributed by atoms with Crippen molar-refractivity contribution in [3.05, 3.63) is 52.3 Å². The molecule has 19 heavy (non-hydrogen) atoms. The van der Waals surface area contributed by atoms with Crippen LogP contribution >= 0.6 is 23.2 Å². The summed E-state index contributed by atoms with van der Waals surface area (Å²) in [6.45, 7) is -3.00. The molecular formula is C13H7Cl2F3O. The first-order chi connectivity index (χ1) is 8.97. The lowest BCUT2D eigenvalue weighted by molar-refractivity contribution is -0.0499. The minimum atomic E-state index is -3.00. The maximum absolute atomic E-state index is 13.9. The molecule has 6 heteroatoms. The van der Waals surface area contributed by atoms with Gasteiger partial charge in [-0.3, -0.25) is 0 Å². The van der Waals surface area contributed by atoms with Crippen molar-refractivity contribution in [2.24, 2.45) is 0 Å². The zero-order valence-electron chi connectivity index (χ0n) is 9.34. The lowest BCUT2D eigenvalue weighted by atomic mass is 10.0. The molecule has 0 bridgehead atoms. The Balaban J connectivity index is 2.40. The van der Waals surface area contributed by atoms with E-state index in [1.54, 1.807) is 12.1 Å². The molecule has 0 heterocycles. The van der Waals surface area contributed by atoms with E-state index in [2.05, 4.69) is 4.74 Å². The summed E-state index contributed by atoms with van der Waals surface area (Å²) in [6, 6.07) is 8.04. The van der Waals surface area contributed by atoms with E-state index in [1.807, 2.05) is 0 Å². The highest BCUT2D eigenvalue weighted by Gasteiger charge is 2.12. The van der Waals surface area contributed by atoms with Crippen LogP contribution in [0.5, 0.6) is 5.75 Å². The topological polar surface area (TPSA) is 9.23 Å². The largest absolute Gasteiger partial charge is 0.435 e. The van der Waals surface area contributed by atoms with Crippen molar-refractivity contribution in [1.29, 1.82) is 0 Å². The lowest BCUT2D eigenvalue weighted by Crippen LogP contribution is -2.02. The van der Waals surface area contributed by atoms with Crippen LogP contribution in [-0.2, 0) is 0 Å². The number of rotatable bonds is 3. The van der Waals surface area contributed by atoms with Gasteiger partial charge >= 0.3 is 6.61 Å². The standard InChI is InChI=1S/C13H7Cl2F3O/c14-7-1-3-9(11(15)5-7)10-4-2-8(6-12(10)16)19-13(17)18/h1-6,13H. The normalized spacial score (nSPS) is 10.8. The maximum atomic E-state index is 13.9. The van der Waals surface area contributed by atoms with E-state index in [0.29, 0.717) is 10.6 Å². The molecule has 0 unspecified atom stereocenters. The molecule has 0 N–H and O–H groups in total. The molecule has 2 aromatic carbocycles. The quantitative estimate of drug-likeness (QED) is 0.737. The molecule has 1 nitrogen and oxygen atoms in total. The Kier molecular flexibility index (Phi) is 4.22. The van der Waals surface area contributed by atoms with Crippen LogP contribution in [-0.4, -0.2) is 6.61 Å². The van der Waals surface area contributed by atoms with Crippen molar-refractivity contribution < 1.29 is 17.9 Å². The van der Waals surface area contributed by atoms with Crippen LogP contribution in [0.25, 0.3) is 11.1 Å². The molecule has 0 saturated carbocycles. The number of hydrogen-bond donors (Lipinski definition) is 0. The third-order valence-corrected chi connectivity index (χ3v) is 2.93. The number of halogens is 5. The van der Waals surface area contributed by atoms with Crippen LogP contribution < -0.4 is 4.74 Å². The first kappa shape index (κ1) is 14.0. The van der Waals surface area contributed by atoms with Gasteiger partial charge in [0.1, 0.15) is 11.6 Å². The Labute approximate surface area is 117 Å². The second-order valence-corrected chi connectivity index (χ2v) is 4.49. The molecule has 2 aromatic rings. The van der Waals surface area contributed by atoms with Crippen molar-refractivity contribution in [3.63, 3.8) is 0 Å². The Morgan fingerprint density at radius 3 is 2.21 bits per heavy atom. The Bertz CT molecular complexity index is 602. The van der Waals surface area contributed by atoms with E-state index in [0.717, 1.165) is 6.07 Å². The molecule has 0 aliphatic rings. The molecule has 0 spiro atoms. The van der Waals surface area contributed by atoms with Crippen molar-refractivity contribution in [1.82, 2.24) is 0 Å². The van der Waals surface area contributed by atoms with E-state index in [9.17, 15) is 13.2 Å². The third kappa shape index (κ3) is 3.33. The molecular weight excluding hydrogens is 300 g/mol. The molecule has 0 saturated heterocycles. The fraction of sp³-hybridized carbons (Fsp3) is 0.0769. The second kappa shape index (κ2) is 5.72. The highest BCUT2D eigenvalue weighted by Crippen LogP contribution is 2.33. The predicted molar refractivity (Wildman–Crippen MR) is 68.5 cm³/mol. The molecule has 0 aliphatic carbocycles. The van der Waals surface area contributed by atoms with Gasteiger partial charge in [0.2, 0.25) is 0 Å². The number of hydrogen-bond acceptors (Lipinski definition) is 1. The summed E-state index contributed by atoms with van der Waals surface area (Å²) < 4.78 is 42.0. The van der Waals surface area contributed by atoms with Crippen LogP contribution in [0.15, 0.2) is 36.4 Å². The first-order valence-corrected chi connectivity index (χ1v) is 5.93. The summed E-state index contributed by atoms with van der Waals surface area (Å²) >= 11 is 11.7. The summed E-state index contributed by atoms with van der Waals surface area (Å²) in [5, 5.41) is 0.695. The second-order valence-electron chi connectivity index (χ2n) is 3.64. The summed E-state index contributed by atoms with van der Waals surface area (Å²) in [5.41, 5.74) is 0.607. The molecule has 0 fully saturated rings. The maximum Gasteiger partial charge on any atom is 0.387 e. The smallest absolute Gasteiger partial charge is 0.387 e. The zero-order valence-corrected chi connectivity index (χ0v) is 10.9. The van der Waals surface area contributed by atoms with Gasteiger partial charge in [-0.1, -0.05) is 29.3 Å². The highest BCUT2D eigenvalue weighted by molar-refractivity contribution is 6.36. The van der Waals surface area contributed by atoms with Gasteiger partial charge in [0.05, 0.1) is 0 Å². The van der Waals surface area contributed by atoms with Crippen LogP contribution in [0.3, 0.4) is 0 Å². The van der Waals surface area contributed by atoms with Crippen molar-refractivity contribution in [2.45, 2.75) is 6.61 Å². The van der Waals surface area contributed by atoms with Gasteiger partial charge < -0.3 is 4.74 Å². The van der Waals surface area contributed by atoms with E-state index in [1.165, 1.54) is 18.2 Å². The average Bonchev–Trinajstić information content (AvgIpc) is 2.30. The third-order valence-electron chi connectivity index (χ3n) is 2.39. The van der Waals surface area contributed by atoms with E-state index in [-0.39, 0.29) is 16.3 Å². The molecule has 0 radical (unpaired) electrons. The van der Waals surface area contributed by atoms with E-state index < -0.39 is 12.4 Å². The van der Waals surface area contributed by atoms with Crippen LogP contribution in [0.4, 0.5) is 13.2 Å². The minimum absolute atomic E-state index is 0.184. The highest BCUT2D eigenvalue weighted by atomic mass is 35.5. The monoisotopic (exact) mass is 306 g/mol. The molecule has 0 aromatic heterocycles. The Hall–Kier alpha value is -1.39. The van der Waals surface area contributed by atoms with Gasteiger partial charge in [0.25, 0.3) is 0 Å². The summed E-state index contributed by atoms with van der Waals surface area (Å²) in [5.74, 6) is -0.955. The van der Waals surface area contributed by atoms with Crippen molar-refractivity contribution >= 4 is 23.2 Å². The number of ether oxygens (including phenoxy) is 1. The van der Waals surface area contributed by atoms with Crippen LogP contribution in [0.2, 0.25) is 10.0 Å². The molecule has 2 rings (SSSR count). The lowest BCUT2D eigenvalue weighted by Gasteiger charge is -2.09. The van der Waals surface area contributed by atoms with Crippen LogP contribution in [0, 0.1) is 5.82 Å². The first-order valence-electron chi connectivity index (χ1n) is 5.17. The summed E-state index contributed by atoms with van der Waals surface area (Å²) in [7, 11) is 0. The van der Waals surface area contributed by atoms with Gasteiger partial charge in [-0.15, -0.1) is 0 Å². The SMILES string of the molecule is Fc1cc(OC(F)F)ccc1-c1ccc(Cl)cc1Cl. The summed E-state index contributed by atoms with van der Waals surface area (Å²) in [4.78, 5) is 0. The molecule has 0 aliphatic heterocycles. The summed E-state index contributed by atoms with van der Waals surface area (Å²) in [6.07, 6.45) is 0. The van der Waals surface area contributed by atoms with Gasteiger partial charge in [0, 0.05) is 27.2 Å². The van der Waals surface area contributed by atoms with E-state index >= 15 is 0 Å². The molecule has 0 amide bonds. The molecule has 0 atom stereocenters. The van der Waals surface area contributed by atoms with Gasteiger partial charge in [-0.05, 0) is 24.3 Å². The fourth-order valence-electron chi connectivity index (χ4n) is 1.60. The fourth-order valence-corrected chi connectivity index (χ4v) is 2.11. The van der Waals surface area contributed by atoms with E-state index in [4.69, 9.17) is 23.2 Å². The predicted octanol–water partition coefficient (Wildman–Crippen LogP) is 5.40. The number of benzene rings is 2. The Morgan fingerprint density at radius 2 is 1.63 bits per heavy atom. The molecule has 100 valence electrons. The average molecular weight is 307 g/mol. The van der Waals surface area contributed by atoms with Gasteiger partial charge in [0.15, 0.2) is 0 Å². The van der Waals surface area contributed by atoms with Gasteiger partial charge in [-0.25, -0.2) is 4.39 Å². The minimum Gasteiger partial charge on any atom is -0.435 e. The Morgan fingerprint density at radius 1 is 0.947 bits per heavy atom. The van der Waals surface area contributed by atoms with Crippen LogP contribution in [0.1, 0.15) is 0 Å². The zero-order chi connectivity index (χ0) is 14.0. The van der Waals surface area contributed by atoms with Crippen molar-refractivity contribution in [3.8, 4) is 16.9 Å². The number of alkyl halides is 2. The van der Waals surface area contributed by atoms with Crippen molar-refractivity contribution in [2.75, 3.05) is 0 Å².